The number of hydrogen-bond acceptors (Lipinski definition) is 1. The van der Waals surface area contributed by atoms with E-state index in [1.54, 1.807) is 0 Å². The van der Waals surface area contributed by atoms with Crippen LogP contribution in [0.25, 0.3) is 0 Å². The molecule has 0 aromatic heterocycles. The van der Waals surface area contributed by atoms with Gasteiger partial charge in [-0.15, -0.1) is 0 Å². The second-order valence-electron chi connectivity index (χ2n) is 2.88. The van der Waals surface area contributed by atoms with Crippen LogP contribution in [0, 0.1) is 0 Å². The first-order valence-corrected chi connectivity index (χ1v) is 7.16. The molecular formula is C9H9IS. The molecule has 0 N–H and O–H groups in total. The Labute approximate surface area is 83.4 Å². The fraction of sp³-hybridized carbons (Fsp3) is 0.333. The van der Waals surface area contributed by atoms with Gasteiger partial charge in [-0.25, -0.2) is 0 Å². The van der Waals surface area contributed by atoms with Gasteiger partial charge in [-0.2, -0.15) is 0 Å². The first-order valence-electron chi connectivity index (χ1n) is 3.74. The van der Waals surface area contributed by atoms with E-state index in [2.05, 4.69) is 51.5 Å². The molecule has 2 rings (SSSR count). The normalized spacial score (nSPS) is 28.5. The summed E-state index contributed by atoms with van der Waals surface area (Å²) in [5.74, 6) is 0.845. The van der Waals surface area contributed by atoms with Gasteiger partial charge in [-0.3, -0.25) is 0 Å². The quantitative estimate of drug-likeness (QED) is 0.743. The van der Waals surface area contributed by atoms with Crippen LogP contribution in [0.15, 0.2) is 30.3 Å². The molecule has 0 radical (unpaired) electrons. The van der Waals surface area contributed by atoms with Gasteiger partial charge in [0.05, 0.1) is 0 Å². The maximum atomic E-state index is 2.40. The van der Waals surface area contributed by atoms with Gasteiger partial charge >= 0.3 is 0 Å². The average Bonchev–Trinajstić information content (AvgIpc) is 2.85. The van der Waals surface area contributed by atoms with Crippen LogP contribution >= 0.6 is 30.1 Å². The van der Waals surface area contributed by atoms with Gasteiger partial charge in [0.2, 0.25) is 0 Å². The monoisotopic (exact) mass is 276 g/mol. The molecule has 1 aliphatic carbocycles. The molecule has 2 heteroatoms. The van der Waals surface area contributed by atoms with E-state index in [1.165, 1.54) is 12.0 Å². The predicted molar refractivity (Wildman–Crippen MR) is 59.2 cm³/mol. The van der Waals surface area contributed by atoms with E-state index in [0.717, 1.165) is 11.2 Å². The van der Waals surface area contributed by atoms with Crippen molar-refractivity contribution in [3.05, 3.63) is 35.9 Å². The zero-order valence-electron chi connectivity index (χ0n) is 6.03. The minimum absolute atomic E-state index is 0.845. The highest BCUT2D eigenvalue weighted by Gasteiger charge is 2.37. The van der Waals surface area contributed by atoms with Crippen molar-refractivity contribution >= 4 is 30.1 Å². The third-order valence-corrected chi connectivity index (χ3v) is 4.78. The lowest BCUT2D eigenvalue weighted by Crippen LogP contribution is -1.79. The van der Waals surface area contributed by atoms with Crippen molar-refractivity contribution in [1.29, 1.82) is 0 Å². The highest BCUT2D eigenvalue weighted by molar-refractivity contribution is 14.2. The van der Waals surface area contributed by atoms with Crippen LogP contribution in [-0.4, -0.2) is 5.25 Å². The van der Waals surface area contributed by atoms with Crippen LogP contribution in [0.4, 0.5) is 0 Å². The molecule has 0 amide bonds. The SMILES string of the molecule is ISC1CC1c1ccccc1. The van der Waals surface area contributed by atoms with Crippen LogP contribution in [-0.2, 0) is 0 Å². The second kappa shape index (κ2) is 3.35. The molecule has 0 saturated heterocycles. The molecule has 2 unspecified atom stereocenters. The molecule has 0 bridgehead atoms. The van der Waals surface area contributed by atoms with Crippen LogP contribution in [0.1, 0.15) is 17.9 Å². The molecule has 1 aromatic carbocycles. The summed E-state index contributed by atoms with van der Waals surface area (Å²) >= 11 is 2.40. The number of benzene rings is 1. The molecule has 2 atom stereocenters. The topological polar surface area (TPSA) is 0 Å². The first-order chi connectivity index (χ1) is 5.42. The van der Waals surface area contributed by atoms with E-state index in [-0.39, 0.29) is 0 Å². The Morgan fingerprint density at radius 2 is 2.00 bits per heavy atom. The molecule has 0 spiro atoms. The second-order valence-corrected chi connectivity index (χ2v) is 5.19. The summed E-state index contributed by atoms with van der Waals surface area (Å²) in [5.41, 5.74) is 1.52. The molecule has 11 heavy (non-hydrogen) atoms. The number of hydrogen-bond donors (Lipinski definition) is 0. The lowest BCUT2D eigenvalue weighted by Gasteiger charge is -1.95. The third-order valence-electron chi connectivity index (χ3n) is 2.07. The Morgan fingerprint density at radius 1 is 1.27 bits per heavy atom. The van der Waals surface area contributed by atoms with Crippen LogP contribution in [0.3, 0.4) is 0 Å². The maximum absolute atomic E-state index is 2.40. The largest absolute Gasteiger partial charge is 0.0853 e. The van der Waals surface area contributed by atoms with Crippen molar-refractivity contribution in [2.45, 2.75) is 17.6 Å². The van der Waals surface area contributed by atoms with Crippen LogP contribution in [0.5, 0.6) is 0 Å². The van der Waals surface area contributed by atoms with Crippen molar-refractivity contribution in [3.63, 3.8) is 0 Å². The summed E-state index contributed by atoms with van der Waals surface area (Å²) in [6, 6.07) is 10.8. The van der Waals surface area contributed by atoms with Gasteiger partial charge in [0.15, 0.2) is 0 Å². The Morgan fingerprint density at radius 3 is 2.55 bits per heavy atom. The molecule has 1 aliphatic rings. The minimum atomic E-state index is 0.845. The third kappa shape index (κ3) is 1.72. The van der Waals surface area contributed by atoms with Gasteiger partial charge in [-0.1, -0.05) is 39.3 Å². The highest BCUT2D eigenvalue weighted by atomic mass is 127. The number of rotatable bonds is 2. The molecule has 58 valence electrons. The van der Waals surface area contributed by atoms with Gasteiger partial charge in [-0.05, 0) is 39.1 Å². The predicted octanol–water partition coefficient (Wildman–Crippen LogP) is 3.63. The zero-order chi connectivity index (χ0) is 7.68. The summed E-state index contributed by atoms with van der Waals surface area (Å²) in [6.45, 7) is 0. The molecule has 1 aromatic rings. The molecule has 1 saturated carbocycles. The molecule has 0 nitrogen and oxygen atoms in total. The van der Waals surface area contributed by atoms with E-state index >= 15 is 0 Å². The molecule has 0 aliphatic heterocycles. The van der Waals surface area contributed by atoms with Gasteiger partial charge < -0.3 is 0 Å². The Balaban J connectivity index is 2.09. The lowest BCUT2D eigenvalue weighted by molar-refractivity contribution is 1.14. The van der Waals surface area contributed by atoms with Crippen molar-refractivity contribution in [1.82, 2.24) is 0 Å². The highest BCUT2D eigenvalue weighted by Crippen LogP contribution is 2.51. The molecule has 1 fully saturated rings. The van der Waals surface area contributed by atoms with Crippen molar-refractivity contribution in [3.8, 4) is 0 Å². The number of halogens is 1. The first kappa shape index (κ1) is 7.92. The van der Waals surface area contributed by atoms with Gasteiger partial charge in [0, 0.05) is 5.25 Å². The van der Waals surface area contributed by atoms with Gasteiger partial charge in [0.1, 0.15) is 0 Å². The Hall–Kier alpha value is 0.300. The van der Waals surface area contributed by atoms with E-state index < -0.39 is 0 Å². The van der Waals surface area contributed by atoms with E-state index in [4.69, 9.17) is 0 Å². The van der Waals surface area contributed by atoms with Crippen molar-refractivity contribution in [2.24, 2.45) is 0 Å². The van der Waals surface area contributed by atoms with Crippen LogP contribution < -0.4 is 0 Å². The molecular weight excluding hydrogens is 267 g/mol. The maximum Gasteiger partial charge on any atom is 0.0223 e. The van der Waals surface area contributed by atoms with Crippen molar-refractivity contribution in [2.75, 3.05) is 0 Å². The zero-order valence-corrected chi connectivity index (χ0v) is 9.01. The average molecular weight is 276 g/mol. The van der Waals surface area contributed by atoms with Gasteiger partial charge in [0.25, 0.3) is 0 Å². The summed E-state index contributed by atoms with van der Waals surface area (Å²) in [5, 5.41) is 0.887. The lowest BCUT2D eigenvalue weighted by atomic mass is 10.1. The van der Waals surface area contributed by atoms with E-state index in [0.29, 0.717) is 0 Å². The summed E-state index contributed by atoms with van der Waals surface area (Å²) in [7, 11) is 1.96. The van der Waals surface area contributed by atoms with E-state index in [9.17, 15) is 0 Å². The fourth-order valence-corrected chi connectivity index (χ4v) is 3.57. The minimum Gasteiger partial charge on any atom is -0.0853 e. The van der Waals surface area contributed by atoms with E-state index in [1.807, 2.05) is 8.93 Å². The molecule has 0 heterocycles. The van der Waals surface area contributed by atoms with Crippen molar-refractivity contribution < 1.29 is 0 Å². The summed E-state index contributed by atoms with van der Waals surface area (Å²) < 4.78 is 0. The van der Waals surface area contributed by atoms with Crippen LogP contribution in [0.2, 0.25) is 0 Å². The standard InChI is InChI=1S/C9H9IS/c10-11-9-6-8(9)7-4-2-1-3-5-7/h1-5,8-9H,6H2. The smallest absolute Gasteiger partial charge is 0.0223 e. The fourth-order valence-electron chi connectivity index (χ4n) is 1.32. The summed E-state index contributed by atoms with van der Waals surface area (Å²) in [4.78, 5) is 0. The summed E-state index contributed by atoms with van der Waals surface area (Å²) in [6.07, 6.45) is 1.37. The Bertz CT molecular complexity index is 235. The Kier molecular flexibility index (Phi) is 2.42.